The molecule has 1 aromatic heterocycles. The van der Waals surface area contributed by atoms with Crippen LogP contribution in [0.5, 0.6) is 0 Å². The summed E-state index contributed by atoms with van der Waals surface area (Å²) < 4.78 is 7.59. The van der Waals surface area contributed by atoms with E-state index in [4.69, 9.17) is 4.74 Å². The number of imidazole rings is 1. The lowest BCUT2D eigenvalue weighted by Crippen LogP contribution is -2.25. The summed E-state index contributed by atoms with van der Waals surface area (Å²) in [5.41, 5.74) is 0. The Labute approximate surface area is 103 Å². The highest BCUT2D eigenvalue weighted by Crippen LogP contribution is 2.38. The van der Waals surface area contributed by atoms with Crippen molar-refractivity contribution in [3.8, 4) is 0 Å². The van der Waals surface area contributed by atoms with Crippen LogP contribution in [0.4, 0.5) is 5.95 Å². The van der Waals surface area contributed by atoms with Crippen LogP contribution in [0.15, 0.2) is 12.4 Å². The lowest BCUT2D eigenvalue weighted by molar-refractivity contribution is 0.147. The number of nitrogens with zero attached hydrogens (tertiary/aromatic N) is 2. The van der Waals surface area contributed by atoms with Crippen LogP contribution in [0.3, 0.4) is 0 Å². The molecule has 0 aliphatic heterocycles. The normalized spacial score (nSPS) is 23.4. The van der Waals surface area contributed by atoms with Crippen LogP contribution in [0.1, 0.15) is 39.2 Å². The van der Waals surface area contributed by atoms with Crippen molar-refractivity contribution in [2.24, 2.45) is 5.92 Å². The molecular weight excluding hydrogens is 214 g/mol. The van der Waals surface area contributed by atoms with E-state index < -0.39 is 0 Å². The van der Waals surface area contributed by atoms with Gasteiger partial charge in [0.15, 0.2) is 0 Å². The van der Waals surface area contributed by atoms with Crippen LogP contribution >= 0.6 is 0 Å². The molecule has 1 N–H and O–H groups in total. The van der Waals surface area contributed by atoms with Gasteiger partial charge in [-0.15, -0.1) is 0 Å². The zero-order chi connectivity index (χ0) is 12.1. The highest BCUT2D eigenvalue weighted by Gasteiger charge is 2.27. The van der Waals surface area contributed by atoms with Crippen LogP contribution in [-0.2, 0) is 4.74 Å². The molecule has 2 rings (SSSR count). The number of anilines is 1. The molecule has 0 bridgehead atoms. The topological polar surface area (TPSA) is 39.1 Å². The molecule has 1 aromatic rings. The molecule has 0 atom stereocenters. The van der Waals surface area contributed by atoms with Gasteiger partial charge in [0.1, 0.15) is 0 Å². The minimum Gasteiger partial charge on any atom is -0.382 e. The largest absolute Gasteiger partial charge is 0.382 e. The third-order valence-electron chi connectivity index (χ3n) is 3.36. The fourth-order valence-corrected chi connectivity index (χ4v) is 2.35. The van der Waals surface area contributed by atoms with Crippen LogP contribution in [0, 0.1) is 5.92 Å². The van der Waals surface area contributed by atoms with Gasteiger partial charge in [0, 0.05) is 38.2 Å². The van der Waals surface area contributed by atoms with Gasteiger partial charge in [0.25, 0.3) is 0 Å². The Morgan fingerprint density at radius 3 is 3.06 bits per heavy atom. The Bertz CT molecular complexity index is 331. The van der Waals surface area contributed by atoms with Crippen molar-refractivity contribution in [1.82, 2.24) is 9.55 Å². The average molecular weight is 237 g/mol. The molecular formula is C13H23N3O. The summed E-state index contributed by atoms with van der Waals surface area (Å²) in [5, 5.41) is 3.39. The molecule has 1 aliphatic carbocycles. The molecule has 4 heteroatoms. The van der Waals surface area contributed by atoms with Crippen LogP contribution in [0.2, 0.25) is 0 Å². The van der Waals surface area contributed by atoms with Crippen molar-refractivity contribution < 1.29 is 4.74 Å². The van der Waals surface area contributed by atoms with Gasteiger partial charge in [-0.3, -0.25) is 0 Å². The molecule has 0 unspecified atom stereocenters. The molecule has 0 aromatic carbocycles. The van der Waals surface area contributed by atoms with Gasteiger partial charge in [-0.05, 0) is 32.1 Å². The Hall–Kier alpha value is -1.03. The molecule has 17 heavy (non-hydrogen) atoms. The van der Waals surface area contributed by atoms with Gasteiger partial charge in [-0.2, -0.15) is 0 Å². The van der Waals surface area contributed by atoms with Gasteiger partial charge in [0.2, 0.25) is 5.95 Å². The minimum absolute atomic E-state index is 0.655. The van der Waals surface area contributed by atoms with Crippen molar-refractivity contribution in [3.63, 3.8) is 0 Å². The lowest BCUT2D eigenvalue weighted by atomic mass is 9.82. The Morgan fingerprint density at radius 1 is 1.53 bits per heavy atom. The Kier molecular flexibility index (Phi) is 4.42. The summed E-state index contributed by atoms with van der Waals surface area (Å²) >= 11 is 0. The number of aromatic nitrogens is 2. The predicted octanol–water partition coefficient (Wildman–Crippen LogP) is 2.69. The summed E-state index contributed by atoms with van der Waals surface area (Å²) in [7, 11) is 0. The highest BCUT2D eigenvalue weighted by molar-refractivity contribution is 5.27. The number of hydrogen-bond donors (Lipinski definition) is 1. The average Bonchev–Trinajstić information content (AvgIpc) is 2.72. The number of rotatable bonds is 7. The number of hydrogen-bond acceptors (Lipinski definition) is 3. The van der Waals surface area contributed by atoms with E-state index in [1.807, 2.05) is 13.1 Å². The number of ether oxygens (including phenoxy) is 1. The third-order valence-corrected chi connectivity index (χ3v) is 3.36. The van der Waals surface area contributed by atoms with Crippen molar-refractivity contribution >= 4 is 5.95 Å². The van der Waals surface area contributed by atoms with Crippen LogP contribution in [-0.4, -0.2) is 29.3 Å². The number of nitrogens with one attached hydrogen (secondary N) is 1. The fourth-order valence-electron chi connectivity index (χ4n) is 2.35. The SMILES string of the molecule is CCOCCCNc1nccn1C1CC(C)C1. The van der Waals surface area contributed by atoms with E-state index in [-0.39, 0.29) is 0 Å². The van der Waals surface area contributed by atoms with Crippen LogP contribution < -0.4 is 5.32 Å². The Morgan fingerprint density at radius 2 is 2.35 bits per heavy atom. The summed E-state index contributed by atoms with van der Waals surface area (Å²) in [6, 6.07) is 0.655. The summed E-state index contributed by atoms with van der Waals surface area (Å²) in [6.07, 6.45) is 7.56. The monoisotopic (exact) mass is 237 g/mol. The molecule has 1 fully saturated rings. The maximum Gasteiger partial charge on any atom is 0.203 e. The van der Waals surface area contributed by atoms with Gasteiger partial charge in [-0.25, -0.2) is 4.98 Å². The molecule has 0 spiro atoms. The summed E-state index contributed by atoms with van der Waals surface area (Å²) in [4.78, 5) is 4.37. The fraction of sp³-hybridized carbons (Fsp3) is 0.769. The highest BCUT2D eigenvalue weighted by atomic mass is 16.5. The molecule has 0 amide bonds. The molecule has 96 valence electrons. The van der Waals surface area contributed by atoms with Gasteiger partial charge in [-0.1, -0.05) is 6.92 Å². The van der Waals surface area contributed by atoms with Crippen LogP contribution in [0.25, 0.3) is 0 Å². The van der Waals surface area contributed by atoms with E-state index in [9.17, 15) is 0 Å². The molecule has 0 radical (unpaired) electrons. The second kappa shape index (κ2) is 6.05. The van der Waals surface area contributed by atoms with Crippen molar-refractivity contribution in [1.29, 1.82) is 0 Å². The first-order valence-corrected chi connectivity index (χ1v) is 6.65. The molecule has 0 saturated heterocycles. The van der Waals surface area contributed by atoms with Crippen molar-refractivity contribution in [2.75, 3.05) is 25.1 Å². The molecule has 4 nitrogen and oxygen atoms in total. The van der Waals surface area contributed by atoms with Gasteiger partial charge in [0.05, 0.1) is 0 Å². The predicted molar refractivity (Wildman–Crippen MR) is 69.3 cm³/mol. The maximum atomic E-state index is 5.31. The van der Waals surface area contributed by atoms with E-state index >= 15 is 0 Å². The summed E-state index contributed by atoms with van der Waals surface area (Å²) in [5.74, 6) is 1.88. The second-order valence-electron chi connectivity index (χ2n) is 4.87. The standard InChI is InChI=1S/C13H23N3O/c1-3-17-8-4-5-14-13-15-6-7-16(13)12-9-11(2)10-12/h6-7,11-12H,3-5,8-10H2,1-2H3,(H,14,15). The molecule has 1 aliphatic rings. The zero-order valence-corrected chi connectivity index (χ0v) is 10.9. The van der Waals surface area contributed by atoms with E-state index in [1.165, 1.54) is 12.8 Å². The maximum absolute atomic E-state index is 5.31. The molecule has 1 saturated carbocycles. The van der Waals surface area contributed by atoms with E-state index in [2.05, 4.69) is 28.0 Å². The summed E-state index contributed by atoms with van der Waals surface area (Å²) in [6.45, 7) is 6.89. The smallest absolute Gasteiger partial charge is 0.203 e. The van der Waals surface area contributed by atoms with E-state index in [0.717, 1.165) is 38.0 Å². The molecule has 1 heterocycles. The van der Waals surface area contributed by atoms with E-state index in [0.29, 0.717) is 6.04 Å². The first kappa shape index (κ1) is 12.4. The van der Waals surface area contributed by atoms with Crippen molar-refractivity contribution in [3.05, 3.63) is 12.4 Å². The minimum atomic E-state index is 0.655. The quantitative estimate of drug-likeness (QED) is 0.741. The first-order valence-electron chi connectivity index (χ1n) is 6.65. The van der Waals surface area contributed by atoms with Gasteiger partial charge >= 0.3 is 0 Å². The zero-order valence-electron chi connectivity index (χ0n) is 10.9. The Balaban J connectivity index is 1.75. The second-order valence-corrected chi connectivity index (χ2v) is 4.87. The van der Waals surface area contributed by atoms with E-state index in [1.54, 1.807) is 0 Å². The lowest BCUT2D eigenvalue weighted by Gasteiger charge is -2.34. The third kappa shape index (κ3) is 3.22. The van der Waals surface area contributed by atoms with Gasteiger partial charge < -0.3 is 14.6 Å². The first-order chi connectivity index (χ1) is 8.31. The van der Waals surface area contributed by atoms with Crippen molar-refractivity contribution in [2.45, 2.75) is 39.2 Å².